The number of carbonyl (C=O) groups excluding carboxylic acids is 1. The summed E-state index contributed by atoms with van der Waals surface area (Å²) < 4.78 is 1.74. The van der Waals surface area contributed by atoms with Crippen LogP contribution in [0.2, 0.25) is 0 Å². The number of rotatable bonds is 3. The number of aromatic nitrogens is 2. The monoisotopic (exact) mass is 250 g/mol. The first kappa shape index (κ1) is 13.1. The molecule has 5 nitrogen and oxygen atoms in total. The second kappa shape index (κ2) is 5.52. The number of amides is 1. The number of hydrogen-bond donors (Lipinski definition) is 1. The lowest BCUT2D eigenvalue weighted by Gasteiger charge is -2.32. The summed E-state index contributed by atoms with van der Waals surface area (Å²) in [6.45, 7) is 4.33. The van der Waals surface area contributed by atoms with E-state index in [0.29, 0.717) is 12.5 Å². The van der Waals surface area contributed by atoms with E-state index in [4.69, 9.17) is 5.73 Å². The van der Waals surface area contributed by atoms with Crippen molar-refractivity contribution in [3.05, 3.63) is 17.5 Å². The fourth-order valence-corrected chi connectivity index (χ4v) is 2.60. The van der Waals surface area contributed by atoms with E-state index >= 15 is 0 Å². The van der Waals surface area contributed by atoms with Gasteiger partial charge in [-0.05, 0) is 38.6 Å². The Bertz CT molecular complexity index is 425. The van der Waals surface area contributed by atoms with Gasteiger partial charge in [-0.1, -0.05) is 0 Å². The molecule has 1 aliphatic rings. The van der Waals surface area contributed by atoms with Crippen molar-refractivity contribution in [2.24, 2.45) is 18.7 Å². The normalized spacial score (nSPS) is 20.2. The van der Waals surface area contributed by atoms with Crippen molar-refractivity contribution in [3.63, 3.8) is 0 Å². The van der Waals surface area contributed by atoms with Gasteiger partial charge in [0.2, 0.25) is 0 Å². The van der Waals surface area contributed by atoms with Crippen molar-refractivity contribution in [2.45, 2.75) is 26.2 Å². The van der Waals surface area contributed by atoms with Crippen LogP contribution in [0, 0.1) is 12.8 Å². The number of nitrogens with zero attached hydrogens (tertiary/aromatic N) is 3. The van der Waals surface area contributed by atoms with Crippen LogP contribution in [0.3, 0.4) is 0 Å². The van der Waals surface area contributed by atoms with E-state index in [1.807, 2.05) is 18.9 Å². The molecule has 1 unspecified atom stereocenters. The van der Waals surface area contributed by atoms with Gasteiger partial charge in [-0.2, -0.15) is 5.10 Å². The molecule has 0 bridgehead atoms. The highest BCUT2D eigenvalue weighted by atomic mass is 16.2. The molecule has 0 spiro atoms. The third-order valence-corrected chi connectivity index (χ3v) is 3.85. The van der Waals surface area contributed by atoms with E-state index in [-0.39, 0.29) is 5.91 Å². The molecule has 1 aliphatic heterocycles. The van der Waals surface area contributed by atoms with E-state index in [1.165, 1.54) is 6.42 Å². The molecule has 5 heteroatoms. The second-order valence-electron chi connectivity index (χ2n) is 5.10. The Hall–Kier alpha value is -1.36. The number of nitrogens with two attached hydrogens (primary N) is 1. The molecule has 2 N–H and O–H groups in total. The molecule has 0 aromatic carbocycles. The van der Waals surface area contributed by atoms with Gasteiger partial charge < -0.3 is 10.6 Å². The summed E-state index contributed by atoms with van der Waals surface area (Å²) in [5, 5.41) is 4.14. The molecule has 0 radical (unpaired) electrons. The molecule has 18 heavy (non-hydrogen) atoms. The highest BCUT2D eigenvalue weighted by Gasteiger charge is 2.25. The molecule has 1 aromatic heterocycles. The van der Waals surface area contributed by atoms with E-state index in [9.17, 15) is 4.79 Å². The van der Waals surface area contributed by atoms with E-state index in [2.05, 4.69) is 5.10 Å². The standard InChI is InChI=1S/C13H22N4O/c1-10-12(8-15-16(10)2)13(18)17-7-3-4-11(9-17)5-6-14/h8,11H,3-7,9,14H2,1-2H3. The lowest BCUT2D eigenvalue weighted by Crippen LogP contribution is -2.40. The summed E-state index contributed by atoms with van der Waals surface area (Å²) in [4.78, 5) is 14.4. The molecule has 0 aliphatic carbocycles. The predicted octanol–water partition coefficient (Wildman–Crippen LogP) is 0.930. The van der Waals surface area contributed by atoms with Gasteiger partial charge in [0.15, 0.2) is 0 Å². The number of piperidine rings is 1. The summed E-state index contributed by atoms with van der Waals surface area (Å²) in [5.41, 5.74) is 7.26. The first-order chi connectivity index (χ1) is 8.63. The third kappa shape index (κ3) is 2.56. The summed E-state index contributed by atoms with van der Waals surface area (Å²) >= 11 is 0. The maximum absolute atomic E-state index is 12.4. The fraction of sp³-hybridized carbons (Fsp3) is 0.692. The van der Waals surface area contributed by atoms with Crippen LogP contribution in [0.25, 0.3) is 0 Å². The Morgan fingerprint density at radius 2 is 2.39 bits per heavy atom. The molecule has 0 saturated carbocycles. The van der Waals surface area contributed by atoms with Crippen molar-refractivity contribution in [2.75, 3.05) is 19.6 Å². The Balaban J connectivity index is 2.07. The quantitative estimate of drug-likeness (QED) is 0.868. The number of carbonyl (C=O) groups is 1. The highest BCUT2D eigenvalue weighted by Crippen LogP contribution is 2.21. The topological polar surface area (TPSA) is 64.2 Å². The Kier molecular flexibility index (Phi) is 4.01. The molecule has 2 rings (SSSR count). The second-order valence-corrected chi connectivity index (χ2v) is 5.10. The van der Waals surface area contributed by atoms with Crippen LogP contribution in [-0.2, 0) is 7.05 Å². The minimum absolute atomic E-state index is 0.113. The van der Waals surface area contributed by atoms with Gasteiger partial charge in [0, 0.05) is 25.8 Å². The van der Waals surface area contributed by atoms with E-state index in [0.717, 1.165) is 37.2 Å². The van der Waals surface area contributed by atoms with Gasteiger partial charge in [0.1, 0.15) is 0 Å². The van der Waals surface area contributed by atoms with Crippen molar-refractivity contribution in [1.29, 1.82) is 0 Å². The zero-order valence-corrected chi connectivity index (χ0v) is 11.2. The van der Waals surface area contributed by atoms with E-state index in [1.54, 1.807) is 10.9 Å². The average molecular weight is 250 g/mol. The minimum Gasteiger partial charge on any atom is -0.338 e. The van der Waals surface area contributed by atoms with Gasteiger partial charge in [0.05, 0.1) is 11.8 Å². The first-order valence-corrected chi connectivity index (χ1v) is 6.61. The summed E-state index contributed by atoms with van der Waals surface area (Å²) in [7, 11) is 1.86. The summed E-state index contributed by atoms with van der Waals surface area (Å²) in [6, 6.07) is 0. The van der Waals surface area contributed by atoms with Crippen molar-refractivity contribution < 1.29 is 4.79 Å². The molecule has 1 atom stereocenters. The summed E-state index contributed by atoms with van der Waals surface area (Å²) in [6.07, 6.45) is 4.95. The van der Waals surface area contributed by atoms with Crippen molar-refractivity contribution in [3.8, 4) is 0 Å². The largest absolute Gasteiger partial charge is 0.338 e. The maximum atomic E-state index is 12.4. The van der Waals surface area contributed by atoms with E-state index < -0.39 is 0 Å². The fourth-order valence-electron chi connectivity index (χ4n) is 2.60. The number of likely N-dealkylation sites (tertiary alicyclic amines) is 1. The summed E-state index contributed by atoms with van der Waals surface area (Å²) in [5.74, 6) is 0.673. The van der Waals surface area contributed by atoms with Crippen LogP contribution in [-0.4, -0.2) is 40.2 Å². The first-order valence-electron chi connectivity index (χ1n) is 6.61. The Labute approximate surface area is 108 Å². The lowest BCUT2D eigenvalue weighted by atomic mass is 9.94. The van der Waals surface area contributed by atoms with Crippen LogP contribution in [0.4, 0.5) is 0 Å². The number of aryl methyl sites for hydroxylation is 1. The molecule has 2 heterocycles. The molecular weight excluding hydrogens is 228 g/mol. The van der Waals surface area contributed by atoms with Gasteiger partial charge in [-0.25, -0.2) is 0 Å². The van der Waals surface area contributed by atoms with Crippen molar-refractivity contribution >= 4 is 5.91 Å². The predicted molar refractivity (Wildman–Crippen MR) is 70.2 cm³/mol. The average Bonchev–Trinajstić information content (AvgIpc) is 2.70. The third-order valence-electron chi connectivity index (χ3n) is 3.85. The molecule has 1 fully saturated rings. The van der Waals surface area contributed by atoms with Gasteiger partial charge in [0.25, 0.3) is 5.91 Å². The van der Waals surface area contributed by atoms with Gasteiger partial charge >= 0.3 is 0 Å². The van der Waals surface area contributed by atoms with Crippen LogP contribution in [0.15, 0.2) is 6.20 Å². The Morgan fingerprint density at radius 1 is 1.61 bits per heavy atom. The zero-order chi connectivity index (χ0) is 13.1. The molecule has 100 valence electrons. The van der Waals surface area contributed by atoms with Gasteiger partial charge in [-0.15, -0.1) is 0 Å². The lowest BCUT2D eigenvalue weighted by molar-refractivity contribution is 0.0668. The molecule has 1 aromatic rings. The molecular formula is C13H22N4O. The molecule has 1 amide bonds. The highest BCUT2D eigenvalue weighted by molar-refractivity contribution is 5.95. The van der Waals surface area contributed by atoms with Crippen LogP contribution < -0.4 is 5.73 Å². The molecule has 1 saturated heterocycles. The van der Waals surface area contributed by atoms with Gasteiger partial charge in [-0.3, -0.25) is 9.48 Å². The SMILES string of the molecule is Cc1c(C(=O)N2CCCC(CCN)C2)cnn1C. The smallest absolute Gasteiger partial charge is 0.257 e. The zero-order valence-electron chi connectivity index (χ0n) is 11.2. The van der Waals surface area contributed by atoms with Crippen LogP contribution in [0.5, 0.6) is 0 Å². The van der Waals surface area contributed by atoms with Crippen LogP contribution in [0.1, 0.15) is 35.3 Å². The maximum Gasteiger partial charge on any atom is 0.257 e. The number of hydrogen-bond acceptors (Lipinski definition) is 3. The van der Waals surface area contributed by atoms with Crippen LogP contribution >= 0.6 is 0 Å². The Morgan fingerprint density at radius 3 is 3.00 bits per heavy atom. The minimum atomic E-state index is 0.113. The van der Waals surface area contributed by atoms with Crippen molar-refractivity contribution in [1.82, 2.24) is 14.7 Å².